The predicted octanol–water partition coefficient (Wildman–Crippen LogP) is 12.4. The minimum Gasteiger partial charge on any atom is -0.456 e. The normalized spacial score (nSPS) is 11.8. The molecule has 8 aromatic rings. The fourth-order valence-corrected chi connectivity index (χ4v) is 6.83. The van der Waals surface area contributed by atoms with Gasteiger partial charge in [0.05, 0.1) is 5.69 Å². The van der Waals surface area contributed by atoms with Crippen LogP contribution >= 0.6 is 0 Å². The molecule has 0 N–H and O–H groups in total. The molecule has 0 aliphatic heterocycles. The number of benzene rings is 7. The molecule has 0 fully saturated rings. The summed E-state index contributed by atoms with van der Waals surface area (Å²) in [6.07, 6.45) is 0. The van der Waals surface area contributed by atoms with Crippen molar-refractivity contribution in [3.05, 3.63) is 176 Å². The van der Waals surface area contributed by atoms with Crippen LogP contribution < -0.4 is 14.0 Å². The molecule has 0 spiro atoms. The summed E-state index contributed by atoms with van der Waals surface area (Å²) in [6, 6.07) is 54.3. The molecule has 1 heterocycles. The van der Waals surface area contributed by atoms with Gasteiger partial charge in [-0.25, -0.2) is 0 Å². The first-order valence-corrected chi connectivity index (χ1v) is 18.0. The highest BCUT2D eigenvalue weighted by Gasteiger charge is 2.48. The summed E-state index contributed by atoms with van der Waals surface area (Å²) in [7, 11) is -5.97. The van der Waals surface area contributed by atoms with Crippen LogP contribution in [0.15, 0.2) is 180 Å². The van der Waals surface area contributed by atoms with Gasteiger partial charge in [-0.15, -0.1) is 0 Å². The third-order valence-electron chi connectivity index (χ3n) is 8.74. The van der Waals surface area contributed by atoms with E-state index in [4.69, 9.17) is 8.60 Å². The Morgan fingerprint density at radius 3 is 1.47 bits per heavy atom. The predicted molar refractivity (Wildman–Crippen MR) is 204 cm³/mol. The lowest BCUT2D eigenvalue weighted by atomic mass is 10.0. The summed E-state index contributed by atoms with van der Waals surface area (Å²) < 4.78 is 76.2. The first-order chi connectivity index (χ1) is 25.6. The molecule has 262 valence electrons. The zero-order valence-corrected chi connectivity index (χ0v) is 28.6. The zero-order valence-electron chi connectivity index (χ0n) is 27.8. The SMILES string of the molecule is O=S(=O)(Oc1cc(-c2ccc3c(c2)oc2ccc(N(c4ccccc4)c4ccccc4)cc23)cc(N(c2ccccc2)c2ccccc2)c1)C(F)(F)F. The van der Waals surface area contributed by atoms with Gasteiger partial charge in [0.2, 0.25) is 0 Å². The van der Waals surface area contributed by atoms with Gasteiger partial charge in [0.15, 0.2) is 0 Å². The maximum atomic E-state index is 13.5. The Hall–Kier alpha value is -6.52. The maximum absolute atomic E-state index is 13.5. The Kier molecular flexibility index (Phi) is 8.60. The Bertz CT molecular complexity index is 2570. The molecule has 1 aromatic heterocycles. The number of nitrogens with zero attached hydrogens (tertiary/aromatic N) is 2. The third-order valence-corrected chi connectivity index (χ3v) is 9.72. The Morgan fingerprint density at radius 1 is 0.453 bits per heavy atom. The van der Waals surface area contributed by atoms with Gasteiger partial charge in [-0.3, -0.25) is 0 Å². The largest absolute Gasteiger partial charge is 0.534 e. The first kappa shape index (κ1) is 33.6. The highest BCUT2D eigenvalue weighted by Crippen LogP contribution is 2.42. The third kappa shape index (κ3) is 6.68. The van der Waals surface area contributed by atoms with Crippen molar-refractivity contribution in [2.45, 2.75) is 5.51 Å². The molecule has 10 heteroatoms. The summed E-state index contributed by atoms with van der Waals surface area (Å²) in [4.78, 5) is 3.96. The van der Waals surface area contributed by atoms with Crippen molar-refractivity contribution < 1.29 is 30.2 Å². The van der Waals surface area contributed by atoms with Crippen molar-refractivity contribution in [1.29, 1.82) is 0 Å². The number of fused-ring (bicyclic) bond motifs is 3. The Morgan fingerprint density at radius 2 is 0.962 bits per heavy atom. The summed E-state index contributed by atoms with van der Waals surface area (Å²) in [6.45, 7) is 0. The van der Waals surface area contributed by atoms with E-state index in [-0.39, 0.29) is 0 Å². The number of halogens is 3. The van der Waals surface area contributed by atoms with Gasteiger partial charge >= 0.3 is 15.6 Å². The molecule has 6 nitrogen and oxygen atoms in total. The van der Waals surface area contributed by atoms with Crippen LogP contribution in [0.25, 0.3) is 33.1 Å². The molecule has 0 saturated heterocycles. The molecule has 0 aliphatic carbocycles. The average Bonchev–Trinajstić information content (AvgIpc) is 3.53. The molecular formula is C43H29F3N2O4S. The van der Waals surface area contributed by atoms with Crippen LogP contribution in [-0.4, -0.2) is 13.9 Å². The van der Waals surface area contributed by atoms with Crippen LogP contribution in [0.1, 0.15) is 0 Å². The van der Waals surface area contributed by atoms with Crippen molar-refractivity contribution in [1.82, 2.24) is 0 Å². The molecule has 53 heavy (non-hydrogen) atoms. The van der Waals surface area contributed by atoms with Crippen LogP contribution in [0.3, 0.4) is 0 Å². The lowest BCUT2D eigenvalue weighted by molar-refractivity contribution is -0.0500. The van der Waals surface area contributed by atoms with Crippen LogP contribution in [0.2, 0.25) is 0 Å². The van der Waals surface area contributed by atoms with Gasteiger partial charge in [0.25, 0.3) is 0 Å². The lowest BCUT2D eigenvalue weighted by Crippen LogP contribution is -2.28. The molecule has 0 atom stereocenters. The quantitative estimate of drug-likeness (QED) is 0.109. The second-order valence-corrected chi connectivity index (χ2v) is 13.7. The number of rotatable bonds is 9. The Balaban J connectivity index is 1.26. The van der Waals surface area contributed by atoms with Gasteiger partial charge in [0.1, 0.15) is 16.9 Å². The number of hydrogen-bond acceptors (Lipinski definition) is 6. The minimum absolute atomic E-state index is 0.378. The fraction of sp³-hybridized carbons (Fsp3) is 0.0233. The highest BCUT2D eigenvalue weighted by atomic mass is 32.2. The van der Waals surface area contributed by atoms with E-state index in [0.29, 0.717) is 39.4 Å². The molecule has 0 unspecified atom stereocenters. The maximum Gasteiger partial charge on any atom is 0.534 e. The van der Waals surface area contributed by atoms with E-state index < -0.39 is 21.4 Å². The number of furan rings is 1. The second-order valence-electron chi connectivity index (χ2n) is 12.2. The van der Waals surface area contributed by atoms with Crippen molar-refractivity contribution in [2.75, 3.05) is 9.80 Å². The summed E-state index contributed by atoms with van der Waals surface area (Å²) >= 11 is 0. The highest BCUT2D eigenvalue weighted by molar-refractivity contribution is 7.88. The fourth-order valence-electron chi connectivity index (χ4n) is 6.39. The van der Waals surface area contributed by atoms with E-state index in [1.165, 1.54) is 12.1 Å². The molecule has 0 aliphatic rings. The Labute approximate surface area is 303 Å². The number of anilines is 6. The molecule has 0 amide bonds. The molecule has 0 radical (unpaired) electrons. The van der Waals surface area contributed by atoms with Crippen molar-refractivity contribution in [2.24, 2.45) is 0 Å². The number of para-hydroxylation sites is 4. The van der Waals surface area contributed by atoms with Crippen LogP contribution in [0.5, 0.6) is 5.75 Å². The summed E-state index contributed by atoms with van der Waals surface area (Å²) in [5, 5.41) is 1.70. The zero-order chi connectivity index (χ0) is 36.6. The summed E-state index contributed by atoms with van der Waals surface area (Å²) in [5.74, 6) is -0.497. The summed E-state index contributed by atoms with van der Waals surface area (Å²) in [5.41, 5.74) is 1.22. The van der Waals surface area contributed by atoms with Crippen molar-refractivity contribution in [3.63, 3.8) is 0 Å². The second kappa shape index (κ2) is 13.6. The van der Waals surface area contributed by atoms with Gasteiger partial charge in [-0.05, 0) is 102 Å². The van der Waals surface area contributed by atoms with E-state index in [9.17, 15) is 21.6 Å². The van der Waals surface area contributed by atoms with E-state index in [0.717, 1.165) is 27.8 Å². The van der Waals surface area contributed by atoms with Gasteiger partial charge in [0, 0.05) is 45.3 Å². The molecular weight excluding hydrogens is 698 g/mol. The number of hydrogen-bond donors (Lipinski definition) is 0. The van der Waals surface area contributed by atoms with Gasteiger partial charge in [-0.1, -0.05) is 78.9 Å². The van der Waals surface area contributed by atoms with Crippen LogP contribution in [0, 0.1) is 0 Å². The van der Waals surface area contributed by atoms with Crippen molar-refractivity contribution in [3.8, 4) is 16.9 Å². The van der Waals surface area contributed by atoms with E-state index in [1.54, 1.807) is 12.1 Å². The molecule has 0 bridgehead atoms. The molecule has 8 rings (SSSR count). The van der Waals surface area contributed by atoms with Crippen LogP contribution in [-0.2, 0) is 10.1 Å². The average molecular weight is 727 g/mol. The van der Waals surface area contributed by atoms with E-state index >= 15 is 0 Å². The minimum atomic E-state index is -5.97. The number of alkyl halides is 3. The monoisotopic (exact) mass is 726 g/mol. The van der Waals surface area contributed by atoms with Crippen molar-refractivity contribution >= 4 is 66.2 Å². The topological polar surface area (TPSA) is 63.0 Å². The van der Waals surface area contributed by atoms with E-state index in [2.05, 4.69) is 11.0 Å². The smallest absolute Gasteiger partial charge is 0.456 e. The van der Waals surface area contributed by atoms with Gasteiger partial charge < -0.3 is 18.4 Å². The first-order valence-electron chi connectivity index (χ1n) is 16.6. The van der Waals surface area contributed by atoms with E-state index in [1.807, 2.05) is 150 Å². The molecule has 0 saturated carbocycles. The standard InChI is InChI=1S/C43H29F3N2O4S/c44-43(45,46)53(49,50)52-38-26-31(25-37(28-38)48(34-17-9-3-10-18-34)35-19-11-4-12-20-35)30-21-23-39-40-29-36(22-24-41(40)51-42(39)27-30)47(32-13-5-1-6-14-32)33-15-7-2-8-16-33/h1-29H. The lowest BCUT2D eigenvalue weighted by Gasteiger charge is -2.26. The van der Waals surface area contributed by atoms with Gasteiger partial charge in [-0.2, -0.15) is 21.6 Å². The van der Waals surface area contributed by atoms with Crippen LogP contribution in [0.4, 0.5) is 47.3 Å². The molecule has 7 aromatic carbocycles.